The monoisotopic (exact) mass is 438 g/mol. The summed E-state index contributed by atoms with van der Waals surface area (Å²) in [6.07, 6.45) is 2.42. The number of fused-ring (bicyclic) bond motifs is 1. The minimum absolute atomic E-state index is 0.0151. The Labute approximate surface area is 186 Å². The highest BCUT2D eigenvalue weighted by Gasteiger charge is 2.36. The molecule has 8 heteroatoms. The molecule has 2 N–H and O–H groups in total. The number of carbonyl (C=O) groups excluding carboxylic acids is 3. The summed E-state index contributed by atoms with van der Waals surface area (Å²) in [7, 11) is 2.94. The molecule has 1 heterocycles. The third kappa shape index (κ3) is 4.05. The number of amides is 3. The van der Waals surface area contributed by atoms with Gasteiger partial charge in [-0.3, -0.25) is 19.3 Å². The van der Waals surface area contributed by atoms with Crippen LogP contribution in [0.3, 0.4) is 0 Å². The van der Waals surface area contributed by atoms with E-state index < -0.39 is 0 Å². The van der Waals surface area contributed by atoms with Gasteiger partial charge in [0.05, 0.1) is 38.0 Å². The molecular weight excluding hydrogens is 412 g/mol. The molecule has 32 heavy (non-hydrogen) atoms. The van der Waals surface area contributed by atoms with Crippen molar-refractivity contribution in [1.82, 2.24) is 10.2 Å². The number of benzene rings is 2. The van der Waals surface area contributed by atoms with Gasteiger partial charge in [-0.15, -0.1) is 0 Å². The summed E-state index contributed by atoms with van der Waals surface area (Å²) in [5.74, 6) is -0.354. The summed E-state index contributed by atoms with van der Waals surface area (Å²) >= 11 is 0. The summed E-state index contributed by atoms with van der Waals surface area (Å²) in [5.41, 5.74) is 1.56. The second kappa shape index (κ2) is 9.00. The number of nitrogens with zero attached hydrogens (tertiary/aromatic N) is 1. The van der Waals surface area contributed by atoms with E-state index in [0.717, 1.165) is 4.90 Å². The quantitative estimate of drug-likeness (QED) is 0.672. The number of methoxy groups -OCH3 is 2. The normalized spacial score (nSPS) is 20.2. The van der Waals surface area contributed by atoms with Gasteiger partial charge >= 0.3 is 0 Å². The standard InChI is InChI=1S/C24H26N2O6/c1-31-20-12-14(22(28)25-16-7-9-17(27)10-8-16)11-15(21(20)32-2)13-26-23(29)18-5-3-4-6-19(18)24(26)30/h3-6,11-12,16-17,27H,7-10,13H2,1-2H3,(H,25,28). The molecule has 4 rings (SSSR count). The third-order valence-corrected chi connectivity index (χ3v) is 6.06. The lowest BCUT2D eigenvalue weighted by Gasteiger charge is -2.26. The molecule has 2 aromatic carbocycles. The SMILES string of the molecule is COc1cc(C(=O)NC2CCC(O)CC2)cc(CN2C(=O)c3ccccc3C2=O)c1OC. The number of hydrogen-bond donors (Lipinski definition) is 2. The van der Waals surface area contributed by atoms with E-state index in [1.54, 1.807) is 36.4 Å². The average molecular weight is 438 g/mol. The zero-order valence-corrected chi connectivity index (χ0v) is 18.1. The van der Waals surface area contributed by atoms with E-state index in [9.17, 15) is 19.5 Å². The summed E-state index contributed by atoms with van der Waals surface area (Å²) in [6.45, 7) is -0.0530. The highest BCUT2D eigenvalue weighted by molar-refractivity contribution is 6.21. The maximum absolute atomic E-state index is 12.9. The number of aliphatic hydroxyl groups is 1. The van der Waals surface area contributed by atoms with E-state index in [1.807, 2.05) is 0 Å². The van der Waals surface area contributed by atoms with Crippen LogP contribution in [0.2, 0.25) is 0 Å². The lowest BCUT2D eigenvalue weighted by molar-refractivity contribution is 0.0641. The van der Waals surface area contributed by atoms with Crippen LogP contribution in [0.15, 0.2) is 36.4 Å². The summed E-state index contributed by atoms with van der Waals surface area (Å²) in [4.78, 5) is 39.7. The maximum atomic E-state index is 12.9. The average Bonchev–Trinajstić information content (AvgIpc) is 3.05. The predicted molar refractivity (Wildman–Crippen MR) is 116 cm³/mol. The van der Waals surface area contributed by atoms with Crippen LogP contribution in [0.1, 0.15) is 62.3 Å². The Morgan fingerprint density at radius 3 is 2.22 bits per heavy atom. The zero-order chi connectivity index (χ0) is 22.8. The zero-order valence-electron chi connectivity index (χ0n) is 18.1. The van der Waals surface area contributed by atoms with Crippen molar-refractivity contribution in [1.29, 1.82) is 0 Å². The Balaban J connectivity index is 1.61. The van der Waals surface area contributed by atoms with Crippen LogP contribution < -0.4 is 14.8 Å². The molecule has 168 valence electrons. The number of imide groups is 1. The molecule has 1 saturated carbocycles. The minimum atomic E-state index is -0.387. The maximum Gasteiger partial charge on any atom is 0.261 e. The van der Waals surface area contributed by atoms with E-state index in [2.05, 4.69) is 5.32 Å². The molecule has 1 aliphatic carbocycles. The van der Waals surface area contributed by atoms with Crippen LogP contribution in [0.5, 0.6) is 11.5 Å². The first-order chi connectivity index (χ1) is 15.4. The van der Waals surface area contributed by atoms with E-state index >= 15 is 0 Å². The molecule has 0 aromatic heterocycles. The molecule has 8 nitrogen and oxygen atoms in total. The number of aliphatic hydroxyl groups excluding tert-OH is 1. The number of hydrogen-bond acceptors (Lipinski definition) is 6. The lowest BCUT2D eigenvalue weighted by atomic mass is 9.93. The van der Waals surface area contributed by atoms with Gasteiger partial charge in [-0.2, -0.15) is 0 Å². The predicted octanol–water partition coefficient (Wildman–Crippen LogP) is 2.53. The molecular formula is C24H26N2O6. The Bertz CT molecular complexity index is 1020. The first-order valence-electron chi connectivity index (χ1n) is 10.6. The van der Waals surface area contributed by atoms with Crippen LogP contribution >= 0.6 is 0 Å². The first-order valence-corrected chi connectivity index (χ1v) is 10.6. The van der Waals surface area contributed by atoms with Gasteiger partial charge in [-0.1, -0.05) is 12.1 Å². The largest absolute Gasteiger partial charge is 0.493 e. The van der Waals surface area contributed by atoms with Crippen LogP contribution in [0.4, 0.5) is 0 Å². The summed E-state index contributed by atoms with van der Waals surface area (Å²) in [6, 6.07) is 9.86. The number of nitrogens with one attached hydrogen (secondary N) is 1. The number of ether oxygens (including phenoxy) is 2. The second-order valence-electron chi connectivity index (χ2n) is 8.09. The van der Waals surface area contributed by atoms with Gasteiger partial charge in [0.2, 0.25) is 0 Å². The smallest absolute Gasteiger partial charge is 0.261 e. The molecule has 0 unspecified atom stereocenters. The fourth-order valence-corrected chi connectivity index (χ4v) is 4.33. The molecule has 2 aliphatic rings. The van der Waals surface area contributed by atoms with Gasteiger partial charge in [0, 0.05) is 17.2 Å². The second-order valence-corrected chi connectivity index (χ2v) is 8.09. The summed E-state index contributed by atoms with van der Waals surface area (Å²) < 4.78 is 10.9. The van der Waals surface area contributed by atoms with E-state index in [0.29, 0.717) is 59.4 Å². The van der Waals surface area contributed by atoms with Gasteiger partial charge in [-0.05, 0) is 49.9 Å². The Hall–Kier alpha value is -3.39. The Morgan fingerprint density at radius 2 is 1.66 bits per heavy atom. The van der Waals surface area contributed by atoms with Crippen LogP contribution in [0, 0.1) is 0 Å². The molecule has 0 spiro atoms. The van der Waals surface area contributed by atoms with E-state index in [4.69, 9.17) is 9.47 Å². The fraction of sp³-hybridized carbons (Fsp3) is 0.375. The fourth-order valence-electron chi connectivity index (χ4n) is 4.33. The van der Waals surface area contributed by atoms with Crippen LogP contribution in [-0.4, -0.2) is 54.1 Å². The van der Waals surface area contributed by atoms with E-state index in [-0.39, 0.29) is 36.4 Å². The summed E-state index contributed by atoms with van der Waals surface area (Å²) in [5, 5.41) is 12.7. The van der Waals surface area contributed by atoms with Crippen molar-refractivity contribution < 1.29 is 29.0 Å². The van der Waals surface area contributed by atoms with Crippen molar-refractivity contribution >= 4 is 17.7 Å². The highest BCUT2D eigenvalue weighted by atomic mass is 16.5. The van der Waals surface area contributed by atoms with Crippen molar-refractivity contribution in [3.8, 4) is 11.5 Å². The van der Waals surface area contributed by atoms with Crippen molar-refractivity contribution in [2.75, 3.05) is 14.2 Å². The lowest BCUT2D eigenvalue weighted by Crippen LogP contribution is -2.38. The molecule has 1 fully saturated rings. The number of rotatable bonds is 6. The topological polar surface area (TPSA) is 105 Å². The van der Waals surface area contributed by atoms with Crippen molar-refractivity contribution in [2.24, 2.45) is 0 Å². The molecule has 1 aliphatic heterocycles. The first kappa shape index (κ1) is 21.8. The van der Waals surface area contributed by atoms with Crippen LogP contribution in [-0.2, 0) is 6.54 Å². The Morgan fingerprint density at radius 1 is 1.03 bits per heavy atom. The van der Waals surface area contributed by atoms with Gasteiger partial charge in [0.25, 0.3) is 17.7 Å². The van der Waals surface area contributed by atoms with Crippen molar-refractivity contribution in [3.05, 3.63) is 58.7 Å². The van der Waals surface area contributed by atoms with Crippen molar-refractivity contribution in [2.45, 2.75) is 44.4 Å². The number of carbonyl (C=O) groups is 3. The molecule has 3 amide bonds. The van der Waals surface area contributed by atoms with Gasteiger partial charge < -0.3 is 19.9 Å². The van der Waals surface area contributed by atoms with Crippen molar-refractivity contribution in [3.63, 3.8) is 0 Å². The van der Waals surface area contributed by atoms with Crippen LogP contribution in [0.25, 0.3) is 0 Å². The molecule has 2 aromatic rings. The molecule has 0 bridgehead atoms. The minimum Gasteiger partial charge on any atom is -0.493 e. The van der Waals surface area contributed by atoms with E-state index in [1.165, 1.54) is 14.2 Å². The highest BCUT2D eigenvalue weighted by Crippen LogP contribution is 2.35. The van der Waals surface area contributed by atoms with Gasteiger partial charge in [0.15, 0.2) is 11.5 Å². The molecule has 0 radical (unpaired) electrons. The third-order valence-electron chi connectivity index (χ3n) is 6.06. The molecule has 0 saturated heterocycles. The Kier molecular flexibility index (Phi) is 6.14. The molecule has 0 atom stereocenters. The van der Waals surface area contributed by atoms with Gasteiger partial charge in [-0.25, -0.2) is 0 Å². The van der Waals surface area contributed by atoms with Gasteiger partial charge in [0.1, 0.15) is 0 Å².